The second-order valence-corrected chi connectivity index (χ2v) is 6.14. The first-order valence-electron chi connectivity index (χ1n) is 7.92. The van der Waals surface area contributed by atoms with Crippen LogP contribution in [-0.2, 0) is 20.7 Å². The van der Waals surface area contributed by atoms with Gasteiger partial charge in [-0.3, -0.25) is 9.59 Å². The molecule has 0 fully saturated rings. The summed E-state index contributed by atoms with van der Waals surface area (Å²) in [4.78, 5) is 23.0. The van der Waals surface area contributed by atoms with Crippen molar-refractivity contribution < 1.29 is 14.3 Å². The molecule has 0 radical (unpaired) electrons. The van der Waals surface area contributed by atoms with Crippen LogP contribution in [0, 0.1) is 0 Å². The van der Waals surface area contributed by atoms with Gasteiger partial charge in [0.2, 0.25) is 5.91 Å². The summed E-state index contributed by atoms with van der Waals surface area (Å²) in [7, 11) is 0. The van der Waals surface area contributed by atoms with Crippen LogP contribution >= 0.6 is 23.2 Å². The van der Waals surface area contributed by atoms with Crippen molar-refractivity contribution >= 4 is 46.5 Å². The first-order chi connectivity index (χ1) is 12.5. The molecular weight excluding hydrogens is 377 g/mol. The Kier molecular flexibility index (Phi) is 7.72. The van der Waals surface area contributed by atoms with E-state index in [0.717, 1.165) is 5.56 Å². The first-order valence-corrected chi connectivity index (χ1v) is 8.68. The van der Waals surface area contributed by atoms with E-state index in [1.165, 1.54) is 0 Å². The molecule has 0 aromatic heterocycles. The van der Waals surface area contributed by atoms with Gasteiger partial charge in [-0.15, -0.1) is 0 Å². The molecule has 6 nitrogen and oxygen atoms in total. The lowest BCUT2D eigenvalue weighted by atomic mass is 10.1. The van der Waals surface area contributed by atoms with E-state index in [2.05, 4.69) is 10.6 Å². The van der Waals surface area contributed by atoms with E-state index in [1.807, 2.05) is 24.3 Å². The minimum Gasteiger partial charge on any atom is -0.464 e. The zero-order valence-corrected chi connectivity index (χ0v) is 15.4. The molecule has 0 spiro atoms. The first kappa shape index (κ1) is 20.0. The van der Waals surface area contributed by atoms with Crippen molar-refractivity contribution in [1.82, 2.24) is 5.32 Å². The number of amides is 1. The second kappa shape index (κ2) is 10.0. The Bertz CT molecular complexity index is 764. The van der Waals surface area contributed by atoms with Crippen LogP contribution in [-0.4, -0.2) is 31.6 Å². The van der Waals surface area contributed by atoms with Crippen molar-refractivity contribution in [2.75, 3.05) is 25.0 Å². The summed E-state index contributed by atoms with van der Waals surface area (Å²) >= 11 is 12.4. The van der Waals surface area contributed by atoms with Gasteiger partial charge in [0.25, 0.3) is 0 Å². The summed E-state index contributed by atoms with van der Waals surface area (Å²) in [6, 6.07) is 12.5. The number of benzene rings is 2. The third kappa shape index (κ3) is 5.91. The molecule has 0 bridgehead atoms. The molecule has 2 rings (SSSR count). The van der Waals surface area contributed by atoms with Crippen LogP contribution in [0.15, 0.2) is 42.5 Å². The van der Waals surface area contributed by atoms with E-state index in [-0.39, 0.29) is 32.0 Å². The summed E-state index contributed by atoms with van der Waals surface area (Å²) in [5.74, 6) is -0.710. The highest BCUT2D eigenvalue weighted by Gasteiger charge is 2.12. The Morgan fingerprint density at radius 2 is 1.73 bits per heavy atom. The molecular formula is C18H19Cl2N3O3. The van der Waals surface area contributed by atoms with Crippen molar-refractivity contribution in [2.24, 2.45) is 5.73 Å². The smallest absolute Gasteiger partial charge is 0.310 e. The molecule has 0 atom stereocenters. The van der Waals surface area contributed by atoms with Gasteiger partial charge < -0.3 is 21.1 Å². The summed E-state index contributed by atoms with van der Waals surface area (Å²) in [5.41, 5.74) is 7.18. The molecule has 26 heavy (non-hydrogen) atoms. The fourth-order valence-electron chi connectivity index (χ4n) is 2.18. The highest BCUT2D eigenvalue weighted by molar-refractivity contribution is 6.39. The van der Waals surface area contributed by atoms with Crippen LogP contribution < -0.4 is 16.4 Å². The van der Waals surface area contributed by atoms with Gasteiger partial charge in [-0.25, -0.2) is 0 Å². The molecule has 138 valence electrons. The van der Waals surface area contributed by atoms with E-state index in [0.29, 0.717) is 21.4 Å². The molecule has 0 aliphatic heterocycles. The highest BCUT2D eigenvalue weighted by atomic mass is 35.5. The van der Waals surface area contributed by atoms with E-state index < -0.39 is 5.97 Å². The van der Waals surface area contributed by atoms with Crippen LogP contribution in [0.1, 0.15) is 5.56 Å². The van der Waals surface area contributed by atoms with Gasteiger partial charge in [-0.2, -0.15) is 0 Å². The van der Waals surface area contributed by atoms with Crippen molar-refractivity contribution in [3.05, 3.63) is 58.1 Å². The minimum atomic E-state index is -0.411. The molecule has 0 saturated carbocycles. The van der Waals surface area contributed by atoms with Gasteiger partial charge in [0.1, 0.15) is 6.61 Å². The minimum absolute atomic E-state index is 0.0656. The fourth-order valence-corrected chi connectivity index (χ4v) is 2.67. The SMILES string of the molecule is NCC(=O)NCCOC(=O)Cc1ccccc1Nc1c(Cl)cccc1Cl. The number of nitrogens with one attached hydrogen (secondary N) is 2. The van der Waals surface area contributed by atoms with E-state index in [4.69, 9.17) is 33.7 Å². The third-order valence-electron chi connectivity index (χ3n) is 3.45. The maximum atomic E-state index is 12.0. The lowest BCUT2D eigenvalue weighted by Crippen LogP contribution is -2.33. The predicted molar refractivity (Wildman–Crippen MR) is 103 cm³/mol. The molecule has 0 aliphatic carbocycles. The van der Waals surface area contributed by atoms with Gasteiger partial charge in [-0.05, 0) is 23.8 Å². The Labute approximate surface area is 161 Å². The number of nitrogens with two attached hydrogens (primary N) is 1. The lowest BCUT2D eigenvalue weighted by molar-refractivity contribution is -0.143. The molecule has 0 aliphatic rings. The number of hydrogen-bond donors (Lipinski definition) is 3. The molecule has 0 heterocycles. The van der Waals surface area contributed by atoms with Crippen LogP contribution in [0.2, 0.25) is 10.0 Å². The summed E-state index contributed by atoms with van der Waals surface area (Å²) in [5, 5.41) is 6.64. The highest BCUT2D eigenvalue weighted by Crippen LogP contribution is 2.33. The number of ether oxygens (including phenoxy) is 1. The Morgan fingerprint density at radius 1 is 1.04 bits per heavy atom. The third-order valence-corrected chi connectivity index (χ3v) is 4.08. The van der Waals surface area contributed by atoms with E-state index >= 15 is 0 Å². The fraction of sp³-hybridized carbons (Fsp3) is 0.222. The van der Waals surface area contributed by atoms with Gasteiger partial charge >= 0.3 is 5.97 Å². The van der Waals surface area contributed by atoms with Crippen LogP contribution in [0.4, 0.5) is 11.4 Å². The average Bonchev–Trinajstić information content (AvgIpc) is 2.63. The number of esters is 1. The average molecular weight is 396 g/mol. The number of rotatable bonds is 8. The van der Waals surface area contributed by atoms with E-state index in [9.17, 15) is 9.59 Å². The van der Waals surface area contributed by atoms with Crippen molar-refractivity contribution in [2.45, 2.75) is 6.42 Å². The van der Waals surface area contributed by atoms with Crippen molar-refractivity contribution in [3.63, 3.8) is 0 Å². The van der Waals surface area contributed by atoms with E-state index in [1.54, 1.807) is 18.2 Å². The van der Waals surface area contributed by atoms with Crippen molar-refractivity contribution in [3.8, 4) is 0 Å². The number of carbonyl (C=O) groups is 2. The Morgan fingerprint density at radius 3 is 2.42 bits per heavy atom. The van der Waals surface area contributed by atoms with Crippen LogP contribution in [0.5, 0.6) is 0 Å². The maximum Gasteiger partial charge on any atom is 0.310 e. The normalized spacial score (nSPS) is 10.3. The molecule has 2 aromatic rings. The maximum absolute atomic E-state index is 12.0. The topological polar surface area (TPSA) is 93.5 Å². The Balaban J connectivity index is 1.98. The summed E-state index contributed by atoms with van der Waals surface area (Å²) in [6.07, 6.45) is 0.0656. The number of carbonyl (C=O) groups excluding carboxylic acids is 2. The molecule has 2 aromatic carbocycles. The molecule has 0 unspecified atom stereocenters. The number of anilines is 2. The molecule has 4 N–H and O–H groups in total. The number of halogens is 2. The second-order valence-electron chi connectivity index (χ2n) is 5.33. The largest absolute Gasteiger partial charge is 0.464 e. The van der Waals surface area contributed by atoms with Gasteiger partial charge in [0.05, 0.1) is 35.2 Å². The predicted octanol–water partition coefficient (Wildman–Crippen LogP) is 2.90. The monoisotopic (exact) mass is 395 g/mol. The molecule has 0 saturated heterocycles. The molecule has 8 heteroatoms. The zero-order chi connectivity index (χ0) is 18.9. The summed E-state index contributed by atoms with van der Waals surface area (Å²) in [6.45, 7) is 0.199. The molecule has 1 amide bonds. The summed E-state index contributed by atoms with van der Waals surface area (Å²) < 4.78 is 5.12. The lowest BCUT2D eigenvalue weighted by Gasteiger charge is -2.14. The van der Waals surface area contributed by atoms with Gasteiger partial charge in [0, 0.05) is 5.69 Å². The quantitative estimate of drug-likeness (QED) is 0.471. The van der Waals surface area contributed by atoms with Gasteiger partial charge in [0.15, 0.2) is 0 Å². The standard InChI is InChI=1S/C18H19Cl2N3O3/c19-13-5-3-6-14(20)18(13)23-15-7-2-1-4-12(15)10-17(25)26-9-8-22-16(24)11-21/h1-7,23H,8-11,21H2,(H,22,24). The number of para-hydroxylation sites is 2. The Hall–Kier alpha value is -2.28. The van der Waals surface area contributed by atoms with Crippen LogP contribution in [0.25, 0.3) is 0 Å². The van der Waals surface area contributed by atoms with Gasteiger partial charge in [-0.1, -0.05) is 47.5 Å². The van der Waals surface area contributed by atoms with Crippen molar-refractivity contribution in [1.29, 1.82) is 0 Å². The zero-order valence-electron chi connectivity index (χ0n) is 13.9. The number of hydrogen-bond acceptors (Lipinski definition) is 5. The van der Waals surface area contributed by atoms with Crippen LogP contribution in [0.3, 0.4) is 0 Å².